The number of halogens is 3. The van der Waals surface area contributed by atoms with E-state index in [2.05, 4.69) is 15.3 Å². The van der Waals surface area contributed by atoms with Crippen LogP contribution < -0.4 is 10.1 Å². The van der Waals surface area contributed by atoms with Gasteiger partial charge in [-0.3, -0.25) is 14.9 Å². The van der Waals surface area contributed by atoms with Crippen LogP contribution >= 0.6 is 11.8 Å². The number of carbonyl (C=O) groups is 1. The van der Waals surface area contributed by atoms with Crippen molar-refractivity contribution in [3.05, 3.63) is 46.3 Å². The Bertz CT molecular complexity index is 832. The van der Waals surface area contributed by atoms with E-state index in [-0.39, 0.29) is 28.0 Å². The molecule has 1 aromatic heterocycles. The van der Waals surface area contributed by atoms with Crippen LogP contribution in [0.1, 0.15) is 5.69 Å². The summed E-state index contributed by atoms with van der Waals surface area (Å²) in [4.78, 5) is 29.1. The zero-order chi connectivity index (χ0) is 19.3. The molecular formula is C14H11F3N4O4S. The molecule has 0 saturated carbocycles. The van der Waals surface area contributed by atoms with E-state index in [0.29, 0.717) is 11.8 Å². The number of rotatable bonds is 6. The van der Waals surface area contributed by atoms with Gasteiger partial charge in [-0.2, -0.15) is 13.2 Å². The summed E-state index contributed by atoms with van der Waals surface area (Å²) in [6.45, 7) is 0. The maximum Gasteiger partial charge on any atom is 0.433 e. The topological polar surface area (TPSA) is 107 Å². The maximum absolute atomic E-state index is 12.6. The molecule has 0 bridgehead atoms. The van der Waals surface area contributed by atoms with E-state index in [0.717, 1.165) is 18.3 Å². The number of thioether (sulfide) groups is 1. The van der Waals surface area contributed by atoms with Crippen LogP contribution in [0.15, 0.2) is 35.6 Å². The minimum Gasteiger partial charge on any atom is -0.494 e. The number of carbonyl (C=O) groups excluding carboxylic acids is 1. The predicted molar refractivity (Wildman–Crippen MR) is 86.0 cm³/mol. The van der Waals surface area contributed by atoms with Crippen LogP contribution in [0.2, 0.25) is 0 Å². The minimum absolute atomic E-state index is 0.0767. The number of nitro benzene ring substituents is 1. The third-order valence-corrected chi connectivity index (χ3v) is 3.79. The summed E-state index contributed by atoms with van der Waals surface area (Å²) in [7, 11) is 1.28. The lowest BCUT2D eigenvalue weighted by atomic mass is 10.2. The molecule has 0 unspecified atom stereocenters. The van der Waals surface area contributed by atoms with E-state index >= 15 is 0 Å². The largest absolute Gasteiger partial charge is 0.494 e. The van der Waals surface area contributed by atoms with Gasteiger partial charge in [-0.15, -0.1) is 0 Å². The fourth-order valence-electron chi connectivity index (χ4n) is 1.78. The molecule has 0 aliphatic heterocycles. The van der Waals surface area contributed by atoms with Crippen molar-refractivity contribution in [2.75, 3.05) is 18.2 Å². The highest BCUT2D eigenvalue weighted by molar-refractivity contribution is 7.99. The number of anilines is 1. The number of methoxy groups -OCH3 is 1. The van der Waals surface area contributed by atoms with Gasteiger partial charge in [-0.1, -0.05) is 11.8 Å². The Balaban J connectivity index is 2.02. The van der Waals surface area contributed by atoms with Gasteiger partial charge in [0.25, 0.3) is 5.69 Å². The molecule has 12 heteroatoms. The number of amides is 1. The molecule has 0 aliphatic rings. The molecule has 0 aliphatic carbocycles. The Morgan fingerprint density at radius 1 is 1.38 bits per heavy atom. The molecule has 1 amide bonds. The molecule has 0 spiro atoms. The van der Waals surface area contributed by atoms with E-state index in [1.54, 1.807) is 0 Å². The number of nitro groups is 1. The van der Waals surface area contributed by atoms with Gasteiger partial charge in [-0.05, 0) is 12.1 Å². The Morgan fingerprint density at radius 2 is 2.12 bits per heavy atom. The number of non-ortho nitro benzene ring substituents is 1. The summed E-state index contributed by atoms with van der Waals surface area (Å²) >= 11 is 0.716. The number of nitrogens with zero attached hydrogens (tertiary/aromatic N) is 3. The van der Waals surface area contributed by atoms with Crippen LogP contribution in [-0.4, -0.2) is 33.7 Å². The minimum atomic E-state index is -4.60. The number of ether oxygens (including phenoxy) is 1. The van der Waals surface area contributed by atoms with Crippen molar-refractivity contribution in [1.29, 1.82) is 0 Å². The van der Waals surface area contributed by atoms with Gasteiger partial charge in [0.15, 0.2) is 5.16 Å². The first-order chi connectivity index (χ1) is 12.2. The zero-order valence-corrected chi connectivity index (χ0v) is 13.9. The van der Waals surface area contributed by atoms with Gasteiger partial charge in [-0.25, -0.2) is 9.97 Å². The first-order valence-corrected chi connectivity index (χ1v) is 7.84. The van der Waals surface area contributed by atoms with Crippen LogP contribution in [0, 0.1) is 10.1 Å². The second-order valence-electron chi connectivity index (χ2n) is 4.70. The second kappa shape index (κ2) is 7.99. The number of alkyl halides is 3. The standard InChI is InChI=1S/C14H11F3N4O4S/c1-25-10-6-8(21(23)24)2-3-9(10)19-12(22)7-26-13-18-5-4-11(20-13)14(15,16)17/h2-6H,7H2,1H3,(H,19,22). The van der Waals surface area contributed by atoms with Crippen LogP contribution in [0.25, 0.3) is 0 Å². The van der Waals surface area contributed by atoms with Crippen LogP contribution in [0.5, 0.6) is 5.75 Å². The van der Waals surface area contributed by atoms with Crippen molar-refractivity contribution in [3.63, 3.8) is 0 Å². The van der Waals surface area contributed by atoms with Crippen molar-refractivity contribution in [1.82, 2.24) is 9.97 Å². The summed E-state index contributed by atoms with van der Waals surface area (Å²) in [5.74, 6) is -0.752. The smallest absolute Gasteiger partial charge is 0.433 e. The zero-order valence-electron chi connectivity index (χ0n) is 13.1. The lowest BCUT2D eigenvalue weighted by molar-refractivity contribution is -0.384. The fourth-order valence-corrected chi connectivity index (χ4v) is 2.41. The number of hydrogen-bond acceptors (Lipinski definition) is 7. The van der Waals surface area contributed by atoms with Gasteiger partial charge in [0.2, 0.25) is 5.91 Å². The average molecular weight is 388 g/mol. The first-order valence-electron chi connectivity index (χ1n) is 6.86. The average Bonchev–Trinajstić information content (AvgIpc) is 2.59. The van der Waals surface area contributed by atoms with Crippen molar-refractivity contribution >= 4 is 29.0 Å². The Morgan fingerprint density at radius 3 is 2.73 bits per heavy atom. The predicted octanol–water partition coefficient (Wildman–Crippen LogP) is 3.14. The van der Waals surface area contributed by atoms with Crippen molar-refractivity contribution in [2.45, 2.75) is 11.3 Å². The lowest BCUT2D eigenvalue weighted by Crippen LogP contribution is -2.15. The molecule has 0 atom stereocenters. The van der Waals surface area contributed by atoms with Gasteiger partial charge in [0.05, 0.1) is 29.5 Å². The monoisotopic (exact) mass is 388 g/mol. The fraction of sp³-hybridized carbons (Fsp3) is 0.214. The highest BCUT2D eigenvalue weighted by Crippen LogP contribution is 2.30. The number of aromatic nitrogens is 2. The molecule has 26 heavy (non-hydrogen) atoms. The van der Waals surface area contributed by atoms with Crippen molar-refractivity contribution in [3.8, 4) is 5.75 Å². The summed E-state index contributed by atoms with van der Waals surface area (Å²) < 4.78 is 42.7. The van der Waals surface area contributed by atoms with Gasteiger partial charge >= 0.3 is 6.18 Å². The van der Waals surface area contributed by atoms with Crippen LogP contribution in [0.4, 0.5) is 24.5 Å². The summed E-state index contributed by atoms with van der Waals surface area (Å²) in [5, 5.41) is 13.0. The van der Waals surface area contributed by atoms with E-state index < -0.39 is 22.7 Å². The van der Waals surface area contributed by atoms with E-state index in [4.69, 9.17) is 4.74 Å². The Kier molecular flexibility index (Phi) is 5.97. The first kappa shape index (κ1) is 19.4. The van der Waals surface area contributed by atoms with Crippen molar-refractivity contribution < 1.29 is 27.6 Å². The van der Waals surface area contributed by atoms with Gasteiger partial charge < -0.3 is 10.1 Å². The molecule has 1 N–H and O–H groups in total. The van der Waals surface area contributed by atoms with Crippen LogP contribution in [0.3, 0.4) is 0 Å². The molecule has 2 rings (SSSR count). The summed E-state index contributed by atoms with van der Waals surface area (Å²) in [6, 6.07) is 4.34. The molecule has 0 saturated heterocycles. The van der Waals surface area contributed by atoms with E-state index in [1.807, 2.05) is 0 Å². The molecule has 1 aromatic carbocycles. The highest BCUT2D eigenvalue weighted by atomic mass is 32.2. The van der Waals surface area contributed by atoms with Crippen molar-refractivity contribution in [2.24, 2.45) is 0 Å². The SMILES string of the molecule is COc1cc([N+](=O)[O-])ccc1NC(=O)CSc1nccc(C(F)(F)F)n1. The Labute approximate surface area is 148 Å². The van der Waals surface area contributed by atoms with E-state index in [1.165, 1.54) is 19.2 Å². The number of nitrogens with one attached hydrogen (secondary N) is 1. The molecule has 2 aromatic rings. The molecule has 0 fully saturated rings. The molecule has 0 radical (unpaired) electrons. The molecule has 138 valence electrons. The van der Waals surface area contributed by atoms with Crippen LogP contribution in [-0.2, 0) is 11.0 Å². The Hall–Kier alpha value is -2.89. The summed E-state index contributed by atoms with van der Waals surface area (Å²) in [6.07, 6.45) is -3.65. The third kappa shape index (κ3) is 5.05. The normalized spacial score (nSPS) is 11.1. The number of hydrogen-bond donors (Lipinski definition) is 1. The van der Waals surface area contributed by atoms with Gasteiger partial charge in [0.1, 0.15) is 11.4 Å². The molecular weight excluding hydrogens is 377 g/mol. The highest BCUT2D eigenvalue weighted by Gasteiger charge is 2.32. The third-order valence-electron chi connectivity index (χ3n) is 2.93. The van der Waals surface area contributed by atoms with E-state index in [9.17, 15) is 28.1 Å². The maximum atomic E-state index is 12.6. The molecule has 1 heterocycles. The van der Waals surface area contributed by atoms with Gasteiger partial charge in [0, 0.05) is 12.3 Å². The quantitative estimate of drug-likeness (QED) is 0.351. The number of benzene rings is 1. The lowest BCUT2D eigenvalue weighted by Gasteiger charge is -2.10. The summed E-state index contributed by atoms with van der Waals surface area (Å²) in [5.41, 5.74) is -1.13. The molecule has 8 nitrogen and oxygen atoms in total. The second-order valence-corrected chi connectivity index (χ2v) is 5.64.